The first-order valence-electron chi connectivity index (χ1n) is 5.90. The van der Waals surface area contributed by atoms with Crippen LogP contribution in [0.2, 0.25) is 0 Å². The number of aromatic nitrogens is 3. The SMILES string of the molecule is CCCN(CCC)Cn1cnc(CC)n1. The molecule has 0 saturated carbocycles. The Morgan fingerprint density at radius 1 is 1.20 bits per heavy atom. The van der Waals surface area contributed by atoms with Crippen molar-refractivity contribution in [2.24, 2.45) is 0 Å². The van der Waals surface area contributed by atoms with E-state index in [2.05, 4.69) is 35.8 Å². The van der Waals surface area contributed by atoms with Gasteiger partial charge in [-0.3, -0.25) is 4.90 Å². The van der Waals surface area contributed by atoms with Crippen molar-refractivity contribution >= 4 is 0 Å². The highest BCUT2D eigenvalue weighted by atomic mass is 15.4. The van der Waals surface area contributed by atoms with Crippen LogP contribution in [0.3, 0.4) is 0 Å². The van der Waals surface area contributed by atoms with Crippen LogP contribution in [0.5, 0.6) is 0 Å². The van der Waals surface area contributed by atoms with Crippen LogP contribution >= 0.6 is 0 Å². The van der Waals surface area contributed by atoms with Crippen molar-refractivity contribution in [3.63, 3.8) is 0 Å². The molecule has 1 rings (SSSR count). The Kier molecular flexibility index (Phi) is 5.32. The molecular formula is C11H22N4. The van der Waals surface area contributed by atoms with E-state index < -0.39 is 0 Å². The van der Waals surface area contributed by atoms with Crippen LogP contribution in [0.25, 0.3) is 0 Å². The highest BCUT2D eigenvalue weighted by Gasteiger charge is 2.04. The van der Waals surface area contributed by atoms with Crippen molar-refractivity contribution < 1.29 is 0 Å². The molecule has 0 bridgehead atoms. The molecule has 4 heteroatoms. The van der Waals surface area contributed by atoms with E-state index in [-0.39, 0.29) is 0 Å². The molecule has 0 spiro atoms. The molecule has 0 saturated heterocycles. The Morgan fingerprint density at radius 2 is 1.87 bits per heavy atom. The van der Waals surface area contributed by atoms with Crippen LogP contribution in [0.1, 0.15) is 39.4 Å². The molecule has 0 N–H and O–H groups in total. The second-order valence-electron chi connectivity index (χ2n) is 3.81. The third kappa shape index (κ3) is 4.00. The van der Waals surface area contributed by atoms with Gasteiger partial charge in [-0.25, -0.2) is 9.67 Å². The highest BCUT2D eigenvalue weighted by Crippen LogP contribution is 1.98. The van der Waals surface area contributed by atoms with Gasteiger partial charge in [-0.2, -0.15) is 5.10 Å². The minimum Gasteiger partial charge on any atom is -0.284 e. The molecule has 0 radical (unpaired) electrons. The third-order valence-electron chi connectivity index (χ3n) is 2.32. The summed E-state index contributed by atoms with van der Waals surface area (Å²) >= 11 is 0. The second kappa shape index (κ2) is 6.56. The van der Waals surface area contributed by atoms with Crippen molar-refractivity contribution in [2.45, 2.75) is 46.7 Å². The normalized spacial score (nSPS) is 11.2. The fourth-order valence-corrected chi connectivity index (χ4v) is 1.65. The summed E-state index contributed by atoms with van der Waals surface area (Å²) in [5.41, 5.74) is 0. The minimum absolute atomic E-state index is 0.870. The largest absolute Gasteiger partial charge is 0.284 e. The monoisotopic (exact) mass is 210 g/mol. The summed E-state index contributed by atoms with van der Waals surface area (Å²) in [4.78, 5) is 6.64. The minimum atomic E-state index is 0.870. The molecule has 0 fully saturated rings. The molecule has 0 aliphatic heterocycles. The first kappa shape index (κ1) is 12.2. The van der Waals surface area contributed by atoms with E-state index in [1.54, 1.807) is 0 Å². The predicted molar refractivity (Wildman–Crippen MR) is 61.6 cm³/mol. The lowest BCUT2D eigenvalue weighted by Gasteiger charge is -2.20. The molecule has 0 unspecified atom stereocenters. The van der Waals surface area contributed by atoms with Gasteiger partial charge in [-0.1, -0.05) is 20.8 Å². The Hall–Kier alpha value is -0.900. The van der Waals surface area contributed by atoms with Crippen LogP contribution in [-0.2, 0) is 13.1 Å². The van der Waals surface area contributed by atoms with E-state index >= 15 is 0 Å². The highest BCUT2D eigenvalue weighted by molar-refractivity contribution is 4.79. The maximum absolute atomic E-state index is 4.40. The number of hydrogen-bond donors (Lipinski definition) is 0. The van der Waals surface area contributed by atoms with Crippen molar-refractivity contribution in [1.82, 2.24) is 19.7 Å². The van der Waals surface area contributed by atoms with Gasteiger partial charge in [0.05, 0.1) is 6.67 Å². The van der Waals surface area contributed by atoms with Crippen LogP contribution in [0, 0.1) is 0 Å². The second-order valence-corrected chi connectivity index (χ2v) is 3.81. The first-order chi connectivity index (χ1) is 7.30. The van der Waals surface area contributed by atoms with Gasteiger partial charge in [0, 0.05) is 6.42 Å². The van der Waals surface area contributed by atoms with E-state index in [0.717, 1.165) is 32.0 Å². The van der Waals surface area contributed by atoms with E-state index in [9.17, 15) is 0 Å². The number of aryl methyl sites for hydroxylation is 1. The number of rotatable bonds is 7. The molecule has 0 amide bonds. The fourth-order valence-electron chi connectivity index (χ4n) is 1.65. The Balaban J connectivity index is 2.48. The van der Waals surface area contributed by atoms with Gasteiger partial charge in [0.15, 0.2) is 0 Å². The van der Waals surface area contributed by atoms with Gasteiger partial charge in [0.1, 0.15) is 12.2 Å². The van der Waals surface area contributed by atoms with Gasteiger partial charge in [0.2, 0.25) is 0 Å². The molecule has 4 nitrogen and oxygen atoms in total. The van der Waals surface area contributed by atoms with E-state index in [1.807, 2.05) is 11.0 Å². The average Bonchev–Trinajstić information content (AvgIpc) is 2.66. The molecule has 1 heterocycles. The quantitative estimate of drug-likeness (QED) is 0.689. The van der Waals surface area contributed by atoms with Crippen molar-refractivity contribution in [1.29, 1.82) is 0 Å². The summed E-state index contributed by atoms with van der Waals surface area (Å²) < 4.78 is 1.93. The molecule has 0 atom stereocenters. The molecule has 86 valence electrons. The van der Waals surface area contributed by atoms with Gasteiger partial charge in [-0.05, 0) is 25.9 Å². The molecule has 1 aromatic heterocycles. The molecule has 0 aliphatic carbocycles. The van der Waals surface area contributed by atoms with E-state index in [4.69, 9.17) is 0 Å². The maximum Gasteiger partial charge on any atom is 0.150 e. The summed E-state index contributed by atoms with van der Waals surface area (Å²) in [5, 5.41) is 4.40. The van der Waals surface area contributed by atoms with Crippen molar-refractivity contribution in [3.05, 3.63) is 12.2 Å². The molecular weight excluding hydrogens is 188 g/mol. The zero-order valence-corrected chi connectivity index (χ0v) is 10.1. The predicted octanol–water partition coefficient (Wildman–Crippen LogP) is 1.92. The lowest BCUT2D eigenvalue weighted by molar-refractivity contribution is 0.207. The summed E-state index contributed by atoms with van der Waals surface area (Å²) in [6.45, 7) is 9.64. The topological polar surface area (TPSA) is 34.0 Å². The van der Waals surface area contributed by atoms with Crippen LogP contribution in [0.4, 0.5) is 0 Å². The van der Waals surface area contributed by atoms with Gasteiger partial charge < -0.3 is 0 Å². The Morgan fingerprint density at radius 3 is 2.33 bits per heavy atom. The lowest BCUT2D eigenvalue weighted by Crippen LogP contribution is -2.28. The van der Waals surface area contributed by atoms with E-state index in [1.165, 1.54) is 12.8 Å². The van der Waals surface area contributed by atoms with Crippen molar-refractivity contribution in [3.8, 4) is 0 Å². The first-order valence-corrected chi connectivity index (χ1v) is 5.90. The molecule has 0 aliphatic rings. The summed E-state index contributed by atoms with van der Waals surface area (Å²) in [6, 6.07) is 0. The molecule has 15 heavy (non-hydrogen) atoms. The Labute approximate surface area is 92.3 Å². The number of hydrogen-bond acceptors (Lipinski definition) is 3. The Bertz CT molecular complexity index is 263. The summed E-state index contributed by atoms with van der Waals surface area (Å²) in [5.74, 6) is 0.933. The van der Waals surface area contributed by atoms with Gasteiger partial charge in [0.25, 0.3) is 0 Å². The third-order valence-corrected chi connectivity index (χ3v) is 2.32. The standard InChI is InChI=1S/C11H22N4/c1-4-7-14(8-5-2)10-15-9-12-11(6-3)13-15/h9H,4-8,10H2,1-3H3. The van der Waals surface area contributed by atoms with Gasteiger partial charge in [-0.15, -0.1) is 0 Å². The molecule has 1 aromatic rings. The molecule has 0 aromatic carbocycles. The van der Waals surface area contributed by atoms with Crippen LogP contribution < -0.4 is 0 Å². The van der Waals surface area contributed by atoms with E-state index in [0.29, 0.717) is 0 Å². The van der Waals surface area contributed by atoms with Crippen LogP contribution in [0.15, 0.2) is 6.33 Å². The zero-order valence-electron chi connectivity index (χ0n) is 10.1. The lowest BCUT2D eigenvalue weighted by atomic mass is 10.4. The van der Waals surface area contributed by atoms with Crippen LogP contribution in [-0.4, -0.2) is 32.8 Å². The average molecular weight is 210 g/mol. The summed E-state index contributed by atoms with van der Waals surface area (Å²) in [7, 11) is 0. The smallest absolute Gasteiger partial charge is 0.150 e. The maximum atomic E-state index is 4.40. The summed E-state index contributed by atoms with van der Waals surface area (Å²) in [6.07, 6.45) is 5.12. The fraction of sp³-hybridized carbons (Fsp3) is 0.818. The number of nitrogens with zero attached hydrogens (tertiary/aromatic N) is 4. The zero-order chi connectivity index (χ0) is 11.1. The van der Waals surface area contributed by atoms with Crippen molar-refractivity contribution in [2.75, 3.05) is 13.1 Å². The van der Waals surface area contributed by atoms with Gasteiger partial charge >= 0.3 is 0 Å².